The smallest absolute Gasteiger partial charge is 0.322 e. The molecule has 1 aromatic rings. The topological polar surface area (TPSA) is 41.6 Å². The Morgan fingerprint density at radius 1 is 1.41 bits per heavy atom. The second-order valence-electron chi connectivity index (χ2n) is 5.96. The molecule has 0 aromatic heterocycles. The highest BCUT2D eigenvalue weighted by atomic mass is 16.5. The average molecular weight is 304 g/mol. The number of methoxy groups -OCH3 is 1. The van der Waals surface area contributed by atoms with Crippen LogP contribution in [-0.4, -0.2) is 37.2 Å². The normalized spacial score (nSPS) is 18.3. The fourth-order valence-corrected chi connectivity index (χ4v) is 3.10. The van der Waals surface area contributed by atoms with Crippen molar-refractivity contribution in [3.63, 3.8) is 0 Å². The van der Waals surface area contributed by atoms with Crippen LogP contribution >= 0.6 is 0 Å². The van der Waals surface area contributed by atoms with Crippen LogP contribution in [0.5, 0.6) is 0 Å². The summed E-state index contributed by atoms with van der Waals surface area (Å²) in [5, 5.41) is 3.06. The Morgan fingerprint density at radius 3 is 3.05 bits per heavy atom. The molecule has 1 N–H and O–H groups in total. The van der Waals surface area contributed by atoms with Gasteiger partial charge in [0, 0.05) is 32.0 Å². The van der Waals surface area contributed by atoms with Crippen LogP contribution in [0.3, 0.4) is 0 Å². The number of aryl methyl sites for hydroxylation is 1. The molecule has 1 aromatic carbocycles. The molecule has 1 heterocycles. The molecule has 2 amide bonds. The van der Waals surface area contributed by atoms with Crippen molar-refractivity contribution in [2.75, 3.05) is 25.6 Å². The highest BCUT2D eigenvalue weighted by molar-refractivity contribution is 5.89. The van der Waals surface area contributed by atoms with Crippen LogP contribution in [0.25, 0.3) is 0 Å². The minimum atomic E-state index is 0.0374. The quantitative estimate of drug-likeness (QED) is 0.805. The molecule has 1 aliphatic rings. The Kier molecular flexibility index (Phi) is 6.72. The number of amides is 2. The molecule has 0 bridgehead atoms. The number of rotatable bonds is 6. The van der Waals surface area contributed by atoms with E-state index in [0.29, 0.717) is 6.04 Å². The van der Waals surface area contributed by atoms with Crippen molar-refractivity contribution in [3.05, 3.63) is 29.8 Å². The van der Waals surface area contributed by atoms with E-state index >= 15 is 0 Å². The van der Waals surface area contributed by atoms with Crippen molar-refractivity contribution < 1.29 is 9.53 Å². The van der Waals surface area contributed by atoms with Crippen LogP contribution in [0.2, 0.25) is 0 Å². The number of carbonyl (C=O) groups excluding carboxylic acids is 1. The van der Waals surface area contributed by atoms with E-state index in [2.05, 4.69) is 24.4 Å². The zero-order valence-electron chi connectivity index (χ0n) is 13.8. The van der Waals surface area contributed by atoms with Crippen LogP contribution in [0, 0.1) is 0 Å². The van der Waals surface area contributed by atoms with E-state index in [1.807, 2.05) is 17.0 Å². The molecule has 1 saturated heterocycles. The molecule has 2 rings (SSSR count). The number of piperidine rings is 1. The fourth-order valence-electron chi connectivity index (χ4n) is 3.10. The third-order valence-electron chi connectivity index (χ3n) is 4.36. The first kappa shape index (κ1) is 16.8. The molecule has 0 radical (unpaired) electrons. The maximum atomic E-state index is 12.6. The van der Waals surface area contributed by atoms with Crippen molar-refractivity contribution >= 4 is 11.7 Å². The number of nitrogens with zero attached hydrogens (tertiary/aromatic N) is 1. The lowest BCUT2D eigenvalue weighted by Crippen LogP contribution is -2.46. The Labute approximate surface area is 133 Å². The third kappa shape index (κ3) is 4.73. The SMILES string of the molecule is CCc1cccc(NC(=O)N2CCCC[C@H]2CCCOC)c1. The molecular formula is C18H28N2O2. The van der Waals surface area contributed by atoms with Gasteiger partial charge in [0.05, 0.1) is 0 Å². The molecule has 1 fully saturated rings. The number of anilines is 1. The van der Waals surface area contributed by atoms with E-state index in [1.54, 1.807) is 7.11 Å². The van der Waals surface area contributed by atoms with Gasteiger partial charge < -0.3 is 15.0 Å². The van der Waals surface area contributed by atoms with Crippen molar-refractivity contribution in [1.82, 2.24) is 4.90 Å². The van der Waals surface area contributed by atoms with E-state index in [0.717, 1.165) is 50.9 Å². The fraction of sp³-hybridized carbons (Fsp3) is 0.611. The molecular weight excluding hydrogens is 276 g/mol. The van der Waals surface area contributed by atoms with Crippen LogP contribution in [-0.2, 0) is 11.2 Å². The van der Waals surface area contributed by atoms with E-state index in [1.165, 1.54) is 12.0 Å². The lowest BCUT2D eigenvalue weighted by Gasteiger charge is -2.35. The zero-order valence-corrected chi connectivity index (χ0v) is 13.8. The van der Waals surface area contributed by atoms with Gasteiger partial charge >= 0.3 is 6.03 Å². The van der Waals surface area contributed by atoms with Crippen molar-refractivity contribution in [3.8, 4) is 0 Å². The summed E-state index contributed by atoms with van der Waals surface area (Å²) < 4.78 is 5.13. The van der Waals surface area contributed by atoms with E-state index in [-0.39, 0.29) is 6.03 Å². The highest BCUT2D eigenvalue weighted by Crippen LogP contribution is 2.22. The maximum absolute atomic E-state index is 12.6. The van der Waals surface area contributed by atoms with Gasteiger partial charge in [-0.3, -0.25) is 0 Å². The summed E-state index contributed by atoms with van der Waals surface area (Å²) in [6.45, 7) is 3.75. The monoisotopic (exact) mass is 304 g/mol. The van der Waals surface area contributed by atoms with Gasteiger partial charge in [0.1, 0.15) is 0 Å². The lowest BCUT2D eigenvalue weighted by molar-refractivity contribution is 0.141. The Hall–Kier alpha value is -1.55. The van der Waals surface area contributed by atoms with Gasteiger partial charge in [0.15, 0.2) is 0 Å². The van der Waals surface area contributed by atoms with Gasteiger partial charge in [-0.05, 0) is 56.2 Å². The van der Waals surface area contributed by atoms with Gasteiger partial charge in [-0.2, -0.15) is 0 Å². The molecule has 0 spiro atoms. The van der Waals surface area contributed by atoms with Gasteiger partial charge in [-0.15, -0.1) is 0 Å². The molecule has 0 saturated carbocycles. The van der Waals surface area contributed by atoms with Gasteiger partial charge in [-0.1, -0.05) is 19.1 Å². The van der Waals surface area contributed by atoms with Crippen LogP contribution in [0.4, 0.5) is 10.5 Å². The van der Waals surface area contributed by atoms with Crippen LogP contribution in [0.15, 0.2) is 24.3 Å². The maximum Gasteiger partial charge on any atom is 0.322 e. The molecule has 4 heteroatoms. The number of hydrogen-bond donors (Lipinski definition) is 1. The molecule has 4 nitrogen and oxygen atoms in total. The first-order chi connectivity index (χ1) is 10.7. The lowest BCUT2D eigenvalue weighted by atomic mass is 9.98. The highest BCUT2D eigenvalue weighted by Gasteiger charge is 2.26. The van der Waals surface area contributed by atoms with Crippen molar-refractivity contribution in [1.29, 1.82) is 0 Å². The van der Waals surface area contributed by atoms with Crippen LogP contribution in [0.1, 0.15) is 44.6 Å². The predicted octanol–water partition coefficient (Wildman–Crippen LogP) is 4.06. The summed E-state index contributed by atoms with van der Waals surface area (Å²) in [6.07, 6.45) is 6.43. The average Bonchev–Trinajstić information content (AvgIpc) is 2.55. The number of benzene rings is 1. The summed E-state index contributed by atoms with van der Waals surface area (Å²) >= 11 is 0. The predicted molar refractivity (Wildman–Crippen MR) is 90.3 cm³/mol. The number of urea groups is 1. The number of hydrogen-bond acceptors (Lipinski definition) is 2. The first-order valence-electron chi connectivity index (χ1n) is 8.40. The van der Waals surface area contributed by atoms with E-state index in [9.17, 15) is 4.79 Å². The summed E-state index contributed by atoms with van der Waals surface area (Å²) in [5.41, 5.74) is 2.14. The molecule has 22 heavy (non-hydrogen) atoms. The second-order valence-corrected chi connectivity index (χ2v) is 5.96. The summed E-state index contributed by atoms with van der Waals surface area (Å²) in [6, 6.07) is 8.49. The second kappa shape index (κ2) is 8.79. The summed E-state index contributed by atoms with van der Waals surface area (Å²) in [7, 11) is 1.73. The molecule has 122 valence electrons. The number of carbonyl (C=O) groups is 1. The Morgan fingerprint density at radius 2 is 2.27 bits per heavy atom. The largest absolute Gasteiger partial charge is 0.385 e. The minimum Gasteiger partial charge on any atom is -0.385 e. The van der Waals surface area contributed by atoms with Crippen molar-refractivity contribution in [2.45, 2.75) is 51.5 Å². The molecule has 0 unspecified atom stereocenters. The van der Waals surface area contributed by atoms with Crippen molar-refractivity contribution in [2.24, 2.45) is 0 Å². The first-order valence-corrected chi connectivity index (χ1v) is 8.40. The van der Waals surface area contributed by atoms with Gasteiger partial charge in [0.2, 0.25) is 0 Å². The Bertz CT molecular complexity index is 476. The number of likely N-dealkylation sites (tertiary alicyclic amines) is 1. The summed E-state index contributed by atoms with van der Waals surface area (Å²) in [4.78, 5) is 14.6. The Balaban J connectivity index is 1.95. The van der Waals surface area contributed by atoms with E-state index < -0.39 is 0 Å². The van der Waals surface area contributed by atoms with E-state index in [4.69, 9.17) is 4.74 Å². The van der Waals surface area contributed by atoms with Gasteiger partial charge in [-0.25, -0.2) is 4.79 Å². The zero-order chi connectivity index (χ0) is 15.8. The van der Waals surface area contributed by atoms with Gasteiger partial charge in [0.25, 0.3) is 0 Å². The minimum absolute atomic E-state index is 0.0374. The molecule has 0 aliphatic carbocycles. The number of nitrogens with one attached hydrogen (secondary N) is 1. The molecule has 1 aliphatic heterocycles. The van der Waals surface area contributed by atoms with Crippen LogP contribution < -0.4 is 5.32 Å². The number of ether oxygens (including phenoxy) is 1. The summed E-state index contributed by atoms with van der Waals surface area (Å²) in [5.74, 6) is 0. The standard InChI is InChI=1S/C18H28N2O2/c1-3-15-8-6-9-16(14-15)19-18(21)20-12-5-4-10-17(20)11-7-13-22-2/h6,8-9,14,17H,3-5,7,10-13H2,1-2H3,(H,19,21)/t17-/m0/s1. The third-order valence-corrected chi connectivity index (χ3v) is 4.36. The molecule has 1 atom stereocenters.